The average Bonchev–Trinajstić information content (AvgIpc) is 2.42. The number of ether oxygens (including phenoxy) is 2. The van der Waals surface area contributed by atoms with Crippen LogP contribution in [0.5, 0.6) is 11.5 Å². The number of hydrogen-bond donors (Lipinski definition) is 0. The van der Waals surface area contributed by atoms with Gasteiger partial charge in [0.25, 0.3) is 0 Å². The van der Waals surface area contributed by atoms with E-state index in [1.807, 2.05) is 42.5 Å². The Morgan fingerprint density at radius 3 is 2.10 bits per heavy atom. The van der Waals surface area contributed by atoms with Gasteiger partial charge in [0, 0.05) is 15.4 Å². The SMILES string of the molecule is Brc1ccc(OCCCOc2ccc(Br)cc2Br)cc1. The Morgan fingerprint density at radius 2 is 1.40 bits per heavy atom. The summed E-state index contributed by atoms with van der Waals surface area (Å²) >= 11 is 10.3. The molecule has 0 aliphatic rings. The van der Waals surface area contributed by atoms with Crippen LogP contribution in [0.3, 0.4) is 0 Å². The standard InChI is InChI=1S/C15H13Br3O2/c16-11-2-5-13(6-3-11)19-8-1-9-20-15-7-4-12(17)10-14(15)18/h2-7,10H,1,8-9H2. The number of benzene rings is 2. The molecule has 0 fully saturated rings. The van der Waals surface area contributed by atoms with Crippen LogP contribution in [0.15, 0.2) is 55.9 Å². The van der Waals surface area contributed by atoms with Crippen molar-refractivity contribution in [1.29, 1.82) is 0 Å². The Balaban J connectivity index is 1.70. The van der Waals surface area contributed by atoms with Gasteiger partial charge in [-0.05, 0) is 58.4 Å². The Kier molecular flexibility index (Phi) is 6.39. The van der Waals surface area contributed by atoms with Crippen molar-refractivity contribution in [2.24, 2.45) is 0 Å². The highest BCUT2D eigenvalue weighted by Crippen LogP contribution is 2.28. The first-order chi connectivity index (χ1) is 9.65. The lowest BCUT2D eigenvalue weighted by molar-refractivity contribution is 0.246. The fourth-order valence-electron chi connectivity index (χ4n) is 1.55. The lowest BCUT2D eigenvalue weighted by atomic mass is 10.3. The quantitative estimate of drug-likeness (QED) is 0.501. The maximum absolute atomic E-state index is 5.69. The third kappa shape index (κ3) is 5.11. The van der Waals surface area contributed by atoms with Crippen LogP contribution < -0.4 is 9.47 Å². The Bertz CT molecular complexity index is 556. The molecule has 0 aromatic heterocycles. The second-order valence-corrected chi connectivity index (χ2v) is 6.76. The van der Waals surface area contributed by atoms with Crippen LogP contribution in [0, 0.1) is 0 Å². The smallest absolute Gasteiger partial charge is 0.133 e. The van der Waals surface area contributed by atoms with Crippen LogP contribution in [-0.2, 0) is 0 Å². The van der Waals surface area contributed by atoms with E-state index in [0.717, 1.165) is 31.3 Å². The minimum absolute atomic E-state index is 0.622. The summed E-state index contributed by atoms with van der Waals surface area (Å²) in [4.78, 5) is 0. The van der Waals surface area contributed by atoms with Crippen molar-refractivity contribution in [2.75, 3.05) is 13.2 Å². The van der Waals surface area contributed by atoms with E-state index in [1.165, 1.54) is 0 Å². The zero-order valence-corrected chi connectivity index (χ0v) is 15.4. The largest absolute Gasteiger partial charge is 0.493 e. The molecular formula is C15H13Br3O2. The van der Waals surface area contributed by atoms with E-state index in [4.69, 9.17) is 9.47 Å². The highest BCUT2D eigenvalue weighted by atomic mass is 79.9. The monoisotopic (exact) mass is 462 g/mol. The highest BCUT2D eigenvalue weighted by molar-refractivity contribution is 9.11. The van der Waals surface area contributed by atoms with Crippen LogP contribution in [-0.4, -0.2) is 13.2 Å². The summed E-state index contributed by atoms with van der Waals surface area (Å²) in [6, 6.07) is 13.7. The molecule has 0 saturated heterocycles. The molecule has 2 rings (SSSR count). The first-order valence-electron chi connectivity index (χ1n) is 6.11. The number of halogens is 3. The van der Waals surface area contributed by atoms with E-state index in [2.05, 4.69) is 47.8 Å². The molecule has 0 saturated carbocycles. The van der Waals surface area contributed by atoms with Gasteiger partial charge in [-0.15, -0.1) is 0 Å². The van der Waals surface area contributed by atoms with Crippen molar-refractivity contribution in [3.8, 4) is 11.5 Å². The molecular weight excluding hydrogens is 452 g/mol. The van der Waals surface area contributed by atoms with Crippen molar-refractivity contribution in [3.05, 3.63) is 55.9 Å². The first kappa shape index (κ1) is 15.9. The third-order valence-electron chi connectivity index (χ3n) is 2.52. The van der Waals surface area contributed by atoms with Crippen molar-refractivity contribution >= 4 is 47.8 Å². The lowest BCUT2D eigenvalue weighted by Gasteiger charge is -2.09. The molecule has 0 radical (unpaired) electrons. The normalized spacial score (nSPS) is 10.3. The average molecular weight is 465 g/mol. The molecule has 0 atom stereocenters. The molecule has 2 aromatic rings. The summed E-state index contributed by atoms with van der Waals surface area (Å²) in [6.45, 7) is 1.26. The summed E-state index contributed by atoms with van der Waals surface area (Å²) in [5, 5.41) is 0. The molecule has 2 nitrogen and oxygen atoms in total. The van der Waals surface area contributed by atoms with Crippen molar-refractivity contribution in [1.82, 2.24) is 0 Å². The predicted octanol–water partition coefficient (Wildman–Crippen LogP) is 5.82. The fourth-order valence-corrected chi connectivity index (χ4v) is 2.98. The lowest BCUT2D eigenvalue weighted by Crippen LogP contribution is -2.05. The molecule has 0 spiro atoms. The molecule has 106 valence electrons. The van der Waals surface area contributed by atoms with E-state index >= 15 is 0 Å². The summed E-state index contributed by atoms with van der Waals surface area (Å²) in [5.74, 6) is 1.72. The zero-order valence-electron chi connectivity index (χ0n) is 10.6. The molecule has 0 unspecified atom stereocenters. The molecule has 0 aliphatic heterocycles. The van der Waals surface area contributed by atoms with Gasteiger partial charge in [0.15, 0.2) is 0 Å². The second kappa shape index (κ2) is 8.05. The van der Waals surface area contributed by atoms with E-state index in [1.54, 1.807) is 0 Å². The van der Waals surface area contributed by atoms with Gasteiger partial charge < -0.3 is 9.47 Å². The van der Waals surface area contributed by atoms with Gasteiger partial charge in [-0.2, -0.15) is 0 Å². The van der Waals surface area contributed by atoms with Gasteiger partial charge in [-0.1, -0.05) is 31.9 Å². The summed E-state index contributed by atoms with van der Waals surface area (Å²) < 4.78 is 14.3. The summed E-state index contributed by atoms with van der Waals surface area (Å²) in [6.07, 6.45) is 0.832. The maximum atomic E-state index is 5.69. The van der Waals surface area contributed by atoms with E-state index in [9.17, 15) is 0 Å². The van der Waals surface area contributed by atoms with Gasteiger partial charge in [0.2, 0.25) is 0 Å². The van der Waals surface area contributed by atoms with E-state index < -0.39 is 0 Å². The third-order valence-corrected chi connectivity index (χ3v) is 4.16. The Morgan fingerprint density at radius 1 is 0.750 bits per heavy atom. The number of hydrogen-bond acceptors (Lipinski definition) is 2. The van der Waals surface area contributed by atoms with Crippen molar-refractivity contribution in [2.45, 2.75) is 6.42 Å². The maximum Gasteiger partial charge on any atom is 0.133 e. The summed E-state index contributed by atoms with van der Waals surface area (Å²) in [7, 11) is 0. The van der Waals surface area contributed by atoms with Crippen molar-refractivity contribution < 1.29 is 9.47 Å². The molecule has 0 aliphatic carbocycles. The van der Waals surface area contributed by atoms with E-state index in [-0.39, 0.29) is 0 Å². The van der Waals surface area contributed by atoms with Gasteiger partial charge in [0.1, 0.15) is 11.5 Å². The van der Waals surface area contributed by atoms with Gasteiger partial charge in [-0.25, -0.2) is 0 Å². The fraction of sp³-hybridized carbons (Fsp3) is 0.200. The number of rotatable bonds is 6. The molecule has 0 amide bonds. The molecule has 0 N–H and O–H groups in total. The van der Waals surface area contributed by atoms with E-state index in [0.29, 0.717) is 13.2 Å². The van der Waals surface area contributed by atoms with Crippen LogP contribution in [0.1, 0.15) is 6.42 Å². The highest BCUT2D eigenvalue weighted by Gasteiger charge is 2.01. The zero-order chi connectivity index (χ0) is 14.4. The Hall–Kier alpha value is -0.520. The van der Waals surface area contributed by atoms with Crippen molar-refractivity contribution in [3.63, 3.8) is 0 Å². The molecule has 2 aromatic carbocycles. The second-order valence-electron chi connectivity index (χ2n) is 4.08. The van der Waals surface area contributed by atoms with Gasteiger partial charge >= 0.3 is 0 Å². The van der Waals surface area contributed by atoms with Gasteiger partial charge in [-0.3, -0.25) is 0 Å². The minimum atomic E-state index is 0.622. The van der Waals surface area contributed by atoms with Crippen LogP contribution in [0.4, 0.5) is 0 Å². The molecule has 20 heavy (non-hydrogen) atoms. The Labute approximate surface area is 143 Å². The van der Waals surface area contributed by atoms with Crippen LogP contribution in [0.2, 0.25) is 0 Å². The summed E-state index contributed by atoms with van der Waals surface area (Å²) in [5.41, 5.74) is 0. The first-order valence-corrected chi connectivity index (χ1v) is 8.49. The molecule has 0 bridgehead atoms. The van der Waals surface area contributed by atoms with Crippen LogP contribution in [0.25, 0.3) is 0 Å². The topological polar surface area (TPSA) is 18.5 Å². The van der Waals surface area contributed by atoms with Crippen LogP contribution >= 0.6 is 47.8 Å². The van der Waals surface area contributed by atoms with Gasteiger partial charge in [0.05, 0.1) is 17.7 Å². The molecule has 0 heterocycles. The predicted molar refractivity (Wildman–Crippen MR) is 91.6 cm³/mol. The molecule has 5 heteroatoms. The minimum Gasteiger partial charge on any atom is -0.493 e.